The van der Waals surface area contributed by atoms with Crippen LogP contribution in [0.4, 0.5) is 5.82 Å². The highest BCUT2D eigenvalue weighted by molar-refractivity contribution is 9.10. The van der Waals surface area contributed by atoms with E-state index in [1.807, 2.05) is 6.92 Å². The first-order chi connectivity index (χ1) is 9.96. The largest absolute Gasteiger partial charge is 0.381 e. The summed E-state index contributed by atoms with van der Waals surface area (Å²) >= 11 is 3.29. The molecule has 0 amide bonds. The number of pyridine rings is 1. The molecule has 0 aliphatic carbocycles. The first-order valence-electron chi connectivity index (χ1n) is 6.92. The molecule has 8 heteroatoms. The summed E-state index contributed by atoms with van der Waals surface area (Å²) in [6.07, 6.45) is 3.02. The Morgan fingerprint density at radius 1 is 1.48 bits per heavy atom. The van der Waals surface area contributed by atoms with Gasteiger partial charge in [0.15, 0.2) is 0 Å². The summed E-state index contributed by atoms with van der Waals surface area (Å²) in [7, 11) is -1.96. The van der Waals surface area contributed by atoms with Gasteiger partial charge in [-0.15, -0.1) is 0 Å². The number of sulfonamides is 1. The maximum Gasteiger partial charge on any atom is 0.246 e. The van der Waals surface area contributed by atoms with Crippen LogP contribution in [0.5, 0.6) is 0 Å². The lowest BCUT2D eigenvalue weighted by molar-refractivity contribution is 0.0632. The molecule has 0 unspecified atom stereocenters. The molecule has 1 aliphatic heterocycles. The number of hydrogen-bond acceptors (Lipinski definition) is 5. The van der Waals surface area contributed by atoms with Crippen LogP contribution in [0.25, 0.3) is 0 Å². The molecule has 1 aliphatic rings. The number of halogens is 1. The molecule has 0 radical (unpaired) electrons. The van der Waals surface area contributed by atoms with Crippen molar-refractivity contribution in [2.75, 3.05) is 32.1 Å². The highest BCUT2D eigenvalue weighted by Gasteiger charge is 2.31. The van der Waals surface area contributed by atoms with Crippen LogP contribution in [0, 0.1) is 0 Å². The summed E-state index contributed by atoms with van der Waals surface area (Å²) in [6, 6.07) is 1.56. The third-order valence-electron chi connectivity index (χ3n) is 3.53. The predicted octanol–water partition coefficient (Wildman–Crippen LogP) is 2.08. The van der Waals surface area contributed by atoms with E-state index in [9.17, 15) is 8.42 Å². The fourth-order valence-electron chi connectivity index (χ4n) is 2.32. The van der Waals surface area contributed by atoms with E-state index in [0.29, 0.717) is 42.9 Å². The van der Waals surface area contributed by atoms with Gasteiger partial charge in [-0.25, -0.2) is 13.4 Å². The predicted molar refractivity (Wildman–Crippen MR) is 84.9 cm³/mol. The van der Waals surface area contributed by atoms with Crippen molar-refractivity contribution in [1.82, 2.24) is 9.29 Å². The average molecular weight is 378 g/mol. The molecule has 2 rings (SSSR count). The molecule has 0 aromatic carbocycles. The molecule has 1 N–H and O–H groups in total. The summed E-state index contributed by atoms with van der Waals surface area (Å²) in [5.74, 6) is 0.389. The zero-order chi connectivity index (χ0) is 15.5. The first kappa shape index (κ1) is 16.7. The van der Waals surface area contributed by atoms with Gasteiger partial charge in [0.05, 0.1) is 0 Å². The fourth-order valence-corrected chi connectivity index (χ4v) is 4.36. The molecule has 1 aromatic rings. The lowest BCUT2D eigenvalue weighted by atomic mass is 10.1. The van der Waals surface area contributed by atoms with Gasteiger partial charge in [0.2, 0.25) is 10.0 Å². The Morgan fingerprint density at radius 2 is 2.14 bits per heavy atom. The number of ether oxygens (including phenoxy) is 1. The van der Waals surface area contributed by atoms with Gasteiger partial charge in [0.25, 0.3) is 0 Å². The molecule has 6 nitrogen and oxygen atoms in total. The second-order valence-electron chi connectivity index (χ2n) is 4.90. The van der Waals surface area contributed by atoms with Gasteiger partial charge >= 0.3 is 0 Å². The van der Waals surface area contributed by atoms with Crippen molar-refractivity contribution in [3.05, 3.63) is 16.7 Å². The molecule has 1 saturated heterocycles. The van der Waals surface area contributed by atoms with Crippen LogP contribution in [-0.2, 0) is 14.8 Å². The van der Waals surface area contributed by atoms with Crippen molar-refractivity contribution in [2.24, 2.45) is 0 Å². The highest BCUT2D eigenvalue weighted by Crippen LogP contribution is 2.28. The average Bonchev–Trinajstić information content (AvgIpc) is 2.49. The SMILES string of the molecule is CCNc1ncc(Br)cc1S(=O)(=O)N(C)C1CCOCC1. The Bertz CT molecular complexity index is 588. The van der Waals surface area contributed by atoms with Crippen LogP contribution in [0.15, 0.2) is 21.6 Å². The lowest BCUT2D eigenvalue weighted by Gasteiger charge is -2.30. The molecular formula is C13H20BrN3O3S. The normalized spacial score (nSPS) is 17.1. The van der Waals surface area contributed by atoms with Crippen molar-refractivity contribution in [1.29, 1.82) is 0 Å². The number of rotatable bonds is 5. The number of anilines is 1. The van der Waals surface area contributed by atoms with E-state index in [2.05, 4.69) is 26.2 Å². The van der Waals surface area contributed by atoms with Crippen molar-refractivity contribution in [3.63, 3.8) is 0 Å². The van der Waals surface area contributed by atoms with Crippen LogP contribution in [0.3, 0.4) is 0 Å². The molecule has 21 heavy (non-hydrogen) atoms. The second-order valence-corrected chi connectivity index (χ2v) is 7.78. The topological polar surface area (TPSA) is 71.5 Å². The van der Waals surface area contributed by atoms with Gasteiger partial charge in [-0.1, -0.05) is 0 Å². The van der Waals surface area contributed by atoms with Crippen LogP contribution < -0.4 is 5.32 Å². The zero-order valence-corrected chi connectivity index (χ0v) is 14.6. The van der Waals surface area contributed by atoms with Crippen LogP contribution in [0.1, 0.15) is 19.8 Å². The van der Waals surface area contributed by atoms with Crippen molar-refractivity contribution in [3.8, 4) is 0 Å². The molecule has 0 spiro atoms. The molecule has 1 aromatic heterocycles. The monoisotopic (exact) mass is 377 g/mol. The Hall–Kier alpha value is -0.700. The van der Waals surface area contributed by atoms with Gasteiger partial charge in [-0.2, -0.15) is 4.31 Å². The molecule has 1 fully saturated rings. The van der Waals surface area contributed by atoms with Gasteiger partial charge < -0.3 is 10.1 Å². The summed E-state index contributed by atoms with van der Waals surface area (Å²) in [6.45, 7) is 3.71. The minimum absolute atomic E-state index is 0.0304. The maximum absolute atomic E-state index is 12.9. The van der Waals surface area contributed by atoms with Gasteiger partial charge in [0, 0.05) is 43.5 Å². The highest BCUT2D eigenvalue weighted by atomic mass is 79.9. The molecule has 0 bridgehead atoms. The van der Waals surface area contributed by atoms with E-state index in [-0.39, 0.29) is 10.9 Å². The molecule has 0 saturated carbocycles. The zero-order valence-electron chi connectivity index (χ0n) is 12.2. The van der Waals surface area contributed by atoms with Gasteiger partial charge in [0.1, 0.15) is 10.7 Å². The number of nitrogens with one attached hydrogen (secondary N) is 1. The molecular weight excluding hydrogens is 358 g/mol. The third kappa shape index (κ3) is 3.74. The van der Waals surface area contributed by atoms with Gasteiger partial charge in [-0.3, -0.25) is 0 Å². The maximum atomic E-state index is 12.9. The van der Waals surface area contributed by atoms with Crippen molar-refractivity contribution < 1.29 is 13.2 Å². The summed E-state index contributed by atoms with van der Waals surface area (Å²) in [4.78, 5) is 4.37. The van der Waals surface area contributed by atoms with Crippen LogP contribution in [-0.4, -0.2) is 50.6 Å². The van der Waals surface area contributed by atoms with E-state index >= 15 is 0 Å². The lowest BCUT2D eigenvalue weighted by Crippen LogP contribution is -2.40. The van der Waals surface area contributed by atoms with E-state index in [1.165, 1.54) is 4.31 Å². The Labute approximate surface area is 134 Å². The summed E-state index contributed by atoms with van der Waals surface area (Å²) in [5.41, 5.74) is 0. The fraction of sp³-hybridized carbons (Fsp3) is 0.615. The van der Waals surface area contributed by atoms with Crippen molar-refractivity contribution in [2.45, 2.75) is 30.7 Å². The third-order valence-corrected chi connectivity index (χ3v) is 5.88. The molecule has 2 heterocycles. The molecule has 118 valence electrons. The Kier molecular flexibility index (Phi) is 5.59. The number of hydrogen-bond donors (Lipinski definition) is 1. The van der Waals surface area contributed by atoms with Crippen LogP contribution >= 0.6 is 15.9 Å². The standard InChI is InChI=1S/C13H20BrN3O3S/c1-3-15-13-12(8-10(14)9-16-13)21(18,19)17(2)11-4-6-20-7-5-11/h8-9,11H,3-7H2,1-2H3,(H,15,16). The van der Waals surface area contributed by atoms with Gasteiger partial charge in [-0.05, 0) is 41.8 Å². The smallest absolute Gasteiger partial charge is 0.246 e. The van der Waals surface area contributed by atoms with Crippen LogP contribution in [0.2, 0.25) is 0 Å². The minimum atomic E-state index is -3.59. The summed E-state index contributed by atoms with van der Waals surface area (Å²) < 4.78 is 33.1. The molecule has 0 atom stereocenters. The van der Waals surface area contributed by atoms with E-state index in [0.717, 1.165) is 0 Å². The van der Waals surface area contributed by atoms with Crippen molar-refractivity contribution >= 4 is 31.8 Å². The van der Waals surface area contributed by atoms with E-state index < -0.39 is 10.0 Å². The minimum Gasteiger partial charge on any atom is -0.381 e. The number of aromatic nitrogens is 1. The van der Waals surface area contributed by atoms with E-state index in [4.69, 9.17) is 4.74 Å². The summed E-state index contributed by atoms with van der Waals surface area (Å²) in [5, 5.41) is 3.00. The Balaban J connectivity index is 2.35. The quantitative estimate of drug-likeness (QED) is 0.850. The number of nitrogens with zero attached hydrogens (tertiary/aromatic N) is 2. The first-order valence-corrected chi connectivity index (χ1v) is 9.15. The Morgan fingerprint density at radius 3 is 2.76 bits per heavy atom. The second kappa shape index (κ2) is 7.04. The van der Waals surface area contributed by atoms with E-state index in [1.54, 1.807) is 19.3 Å².